The normalized spacial score (nSPS) is 16.6. The van der Waals surface area contributed by atoms with Crippen LogP contribution in [0.15, 0.2) is 0 Å². The van der Waals surface area contributed by atoms with Gasteiger partial charge in [0.1, 0.15) is 0 Å². The summed E-state index contributed by atoms with van der Waals surface area (Å²) in [4.78, 5) is 0. The summed E-state index contributed by atoms with van der Waals surface area (Å²) in [5.41, 5.74) is 0. The first-order valence-corrected chi connectivity index (χ1v) is 10.1. The Morgan fingerprint density at radius 1 is 0.355 bits per heavy atom. The third-order valence-electron chi connectivity index (χ3n) is 2.55. The molecule has 188 valence electrons. The molecule has 0 aliphatic rings. The fraction of sp³-hybridized carbons (Fsp3) is 1.00. The maximum absolute atomic E-state index is 13.1. The maximum atomic E-state index is 13.1. The Morgan fingerprint density at radius 2 is 0.484 bits per heavy atom. The van der Waals surface area contributed by atoms with Crippen molar-refractivity contribution in [2.24, 2.45) is 0 Å². The van der Waals surface area contributed by atoms with E-state index in [1.807, 2.05) is 0 Å². The molecule has 0 aromatic heterocycles. The van der Waals surface area contributed by atoms with Gasteiger partial charge in [0.15, 0.2) is 0 Å². The van der Waals surface area contributed by atoms with Crippen LogP contribution in [0.5, 0.6) is 0 Å². The van der Waals surface area contributed by atoms with Gasteiger partial charge >= 0.3 is 64.4 Å². The number of hydrogen-bond donors (Lipinski definition) is 0. The summed E-state index contributed by atoms with van der Waals surface area (Å²) in [5, 5.41) is -24.3. The SMILES string of the molecule is O=S(=O)(N(S(=O)(=O)C(F)(F)C(F)(F)F)S(=O)(=O)C(F)(F)C(F)(F)F)C(F)(F)C(F)(F)F. The predicted molar refractivity (Wildman–Crippen MR) is 61.6 cm³/mol. The molecule has 0 spiro atoms. The minimum atomic E-state index is -9.32. The molecule has 0 radical (unpaired) electrons. The van der Waals surface area contributed by atoms with Crippen LogP contribution in [0.25, 0.3) is 0 Å². The molecule has 0 fully saturated rings. The van der Waals surface area contributed by atoms with E-state index in [9.17, 15) is 91.1 Å². The summed E-state index contributed by atoms with van der Waals surface area (Å²) < 4.78 is 250. The van der Waals surface area contributed by atoms with Gasteiger partial charge in [-0.15, -0.1) is 0 Å². The highest BCUT2D eigenvalue weighted by molar-refractivity contribution is 8.18. The van der Waals surface area contributed by atoms with Crippen molar-refractivity contribution in [2.75, 3.05) is 0 Å². The van der Waals surface area contributed by atoms with Crippen molar-refractivity contribution in [3.63, 3.8) is 0 Å². The van der Waals surface area contributed by atoms with Gasteiger partial charge < -0.3 is 0 Å². The number of halogens is 15. The molecule has 0 aromatic rings. The molecule has 0 saturated heterocycles. The predicted octanol–water partition coefficient (Wildman–Crippen LogP) is 2.74. The molecule has 0 aliphatic carbocycles. The highest BCUT2D eigenvalue weighted by Crippen LogP contribution is 2.51. The summed E-state index contributed by atoms with van der Waals surface area (Å²) in [6, 6.07) is 0. The zero-order valence-electron chi connectivity index (χ0n) is 12.8. The van der Waals surface area contributed by atoms with E-state index in [1.54, 1.807) is 0 Å². The lowest BCUT2D eigenvalue weighted by Gasteiger charge is -2.32. The lowest BCUT2D eigenvalue weighted by atomic mass is 10.7. The first-order valence-electron chi connectivity index (χ1n) is 5.74. The van der Waals surface area contributed by atoms with E-state index in [2.05, 4.69) is 0 Å². The summed E-state index contributed by atoms with van der Waals surface area (Å²) >= 11 is 0. The Labute approximate surface area is 159 Å². The number of hydrogen-bond acceptors (Lipinski definition) is 6. The Hall–Kier alpha value is -1.24. The van der Waals surface area contributed by atoms with Gasteiger partial charge in [-0.3, -0.25) is 0 Å². The van der Waals surface area contributed by atoms with E-state index in [4.69, 9.17) is 0 Å². The molecule has 0 aliphatic heterocycles. The van der Waals surface area contributed by atoms with Crippen LogP contribution in [0.2, 0.25) is 0 Å². The fourth-order valence-electron chi connectivity index (χ4n) is 1.11. The third-order valence-corrected chi connectivity index (χ3v) is 9.90. The molecule has 7 nitrogen and oxygen atoms in total. The summed E-state index contributed by atoms with van der Waals surface area (Å²) in [6.45, 7) is 0. The molecule has 0 bridgehead atoms. The molecular formula is C6F15NO6S3. The Balaban J connectivity index is 7.83. The van der Waals surface area contributed by atoms with Crippen molar-refractivity contribution < 1.29 is 91.1 Å². The van der Waals surface area contributed by atoms with Crippen molar-refractivity contribution in [1.82, 2.24) is 3.12 Å². The van der Waals surface area contributed by atoms with Crippen LogP contribution >= 0.6 is 0 Å². The van der Waals surface area contributed by atoms with Crippen LogP contribution in [0, 0.1) is 0 Å². The fourth-order valence-corrected chi connectivity index (χ4v) is 7.33. The number of nitrogens with zero attached hydrogens (tertiary/aromatic N) is 1. The second-order valence-electron chi connectivity index (χ2n) is 4.69. The van der Waals surface area contributed by atoms with E-state index in [-0.39, 0.29) is 0 Å². The maximum Gasteiger partial charge on any atom is 0.471 e. The highest BCUT2D eigenvalue weighted by Gasteiger charge is 2.83. The number of rotatable bonds is 6. The van der Waals surface area contributed by atoms with Gasteiger partial charge in [-0.2, -0.15) is 65.9 Å². The Kier molecular flexibility index (Phi) is 6.84. The van der Waals surface area contributed by atoms with Gasteiger partial charge in [0.25, 0.3) is 0 Å². The number of alkyl halides is 15. The summed E-state index contributed by atoms with van der Waals surface area (Å²) in [5.74, 6) is 0. The van der Waals surface area contributed by atoms with Crippen LogP contribution in [-0.2, 0) is 30.1 Å². The van der Waals surface area contributed by atoms with Gasteiger partial charge in [0.05, 0.1) is 0 Å². The minimum absolute atomic E-state index is 4.54. The topological polar surface area (TPSA) is 106 Å². The molecule has 0 amide bonds. The second kappa shape index (κ2) is 7.13. The molecule has 0 N–H and O–H groups in total. The quantitative estimate of drug-likeness (QED) is 0.461. The molecule has 0 heterocycles. The minimum Gasteiger partial charge on any atom is -0.203 e. The zero-order chi connectivity index (χ0) is 26.1. The molecule has 0 unspecified atom stereocenters. The van der Waals surface area contributed by atoms with Crippen molar-refractivity contribution >= 4 is 30.1 Å². The van der Waals surface area contributed by atoms with E-state index in [0.29, 0.717) is 0 Å². The first kappa shape index (κ1) is 29.8. The van der Waals surface area contributed by atoms with E-state index < -0.39 is 67.5 Å². The summed E-state index contributed by atoms with van der Waals surface area (Å²) in [7, 11) is -28.0. The standard InChI is InChI=1S/C6F15NO6S3/c7-1(8,9)4(16,17)29(23,24)22(30(25,26)5(18,19)2(10,11)12)31(27,28)6(20,21)3(13,14)15. The van der Waals surface area contributed by atoms with Crippen LogP contribution < -0.4 is 0 Å². The van der Waals surface area contributed by atoms with E-state index >= 15 is 0 Å². The summed E-state index contributed by atoms with van der Waals surface area (Å²) in [6.07, 6.45) is -23.5. The third kappa shape index (κ3) is 4.11. The number of sulfonamides is 3. The van der Waals surface area contributed by atoms with Crippen LogP contribution in [-0.4, -0.2) is 62.7 Å². The Morgan fingerprint density at radius 3 is 0.581 bits per heavy atom. The largest absolute Gasteiger partial charge is 0.471 e. The van der Waals surface area contributed by atoms with Gasteiger partial charge in [-0.25, -0.2) is 25.3 Å². The van der Waals surface area contributed by atoms with Crippen molar-refractivity contribution in [1.29, 1.82) is 0 Å². The lowest BCUT2D eigenvalue weighted by Crippen LogP contribution is -2.64. The van der Waals surface area contributed by atoms with Gasteiger partial charge in [0, 0.05) is 3.12 Å². The molecule has 0 rings (SSSR count). The monoisotopic (exact) mass is 563 g/mol. The second-order valence-corrected chi connectivity index (χ2v) is 10.9. The van der Waals surface area contributed by atoms with Crippen LogP contribution in [0.4, 0.5) is 65.9 Å². The Bertz CT molecular complexity index is 881. The lowest BCUT2D eigenvalue weighted by molar-refractivity contribution is -0.245. The van der Waals surface area contributed by atoms with Gasteiger partial charge in [0.2, 0.25) is 0 Å². The molecule has 0 atom stereocenters. The highest BCUT2D eigenvalue weighted by atomic mass is 32.3. The van der Waals surface area contributed by atoms with E-state index in [1.165, 1.54) is 0 Å². The van der Waals surface area contributed by atoms with Crippen molar-refractivity contribution in [2.45, 2.75) is 34.3 Å². The zero-order valence-corrected chi connectivity index (χ0v) is 15.2. The molecule has 0 aromatic carbocycles. The van der Waals surface area contributed by atoms with Crippen molar-refractivity contribution in [3.8, 4) is 0 Å². The van der Waals surface area contributed by atoms with Crippen LogP contribution in [0.1, 0.15) is 0 Å². The molecular weight excluding hydrogens is 563 g/mol. The average Bonchev–Trinajstić information content (AvgIpc) is 2.41. The molecule has 0 saturated carbocycles. The molecule has 31 heavy (non-hydrogen) atoms. The molecule has 25 heteroatoms. The van der Waals surface area contributed by atoms with E-state index in [0.717, 1.165) is 0 Å². The van der Waals surface area contributed by atoms with Crippen molar-refractivity contribution in [3.05, 3.63) is 0 Å². The van der Waals surface area contributed by atoms with Gasteiger partial charge in [-0.05, 0) is 0 Å². The smallest absolute Gasteiger partial charge is 0.203 e. The van der Waals surface area contributed by atoms with Crippen LogP contribution in [0.3, 0.4) is 0 Å². The first-order chi connectivity index (χ1) is 12.9. The van der Waals surface area contributed by atoms with Gasteiger partial charge in [-0.1, -0.05) is 0 Å². The average molecular weight is 563 g/mol.